The Morgan fingerprint density at radius 1 is 1.23 bits per heavy atom. The number of thiophene rings is 1. The first-order chi connectivity index (χ1) is 14.4. The van der Waals surface area contributed by atoms with Crippen LogP contribution < -0.4 is 9.62 Å². The number of unbranched alkanes of at least 4 members (excludes halogenated alkanes) is 3. The lowest BCUT2D eigenvalue weighted by molar-refractivity contribution is -0.143. The minimum Gasteiger partial charge on any atom is -0.466 e. The minimum atomic E-state index is -3.68. The molecular weight excluding hydrogens is 444 g/mol. The van der Waals surface area contributed by atoms with Crippen molar-refractivity contribution >= 4 is 44.6 Å². The van der Waals surface area contributed by atoms with E-state index >= 15 is 0 Å². The van der Waals surface area contributed by atoms with E-state index in [1.807, 2.05) is 18.4 Å². The summed E-state index contributed by atoms with van der Waals surface area (Å²) in [6.07, 6.45) is 4.16. The van der Waals surface area contributed by atoms with Crippen LogP contribution in [0.15, 0.2) is 34.5 Å². The number of nitrogens with one attached hydrogen (secondary N) is 1. The normalized spacial score (nSPS) is 17.2. The van der Waals surface area contributed by atoms with E-state index in [0.29, 0.717) is 23.7 Å². The summed E-state index contributed by atoms with van der Waals surface area (Å²) in [7, 11) is -2.10. The van der Waals surface area contributed by atoms with E-state index in [1.165, 1.54) is 10.4 Å². The molecule has 164 valence electrons. The smallest absolute Gasteiger partial charge is 0.305 e. The van der Waals surface area contributed by atoms with Gasteiger partial charge >= 0.3 is 5.97 Å². The molecule has 0 radical (unpaired) electrons. The number of hydrogen-bond donors (Lipinski definition) is 1. The lowest BCUT2D eigenvalue weighted by Gasteiger charge is -2.19. The number of nitrogens with zero attached hydrogens (tertiary/aromatic N) is 1. The second-order valence-electron chi connectivity index (χ2n) is 7.18. The van der Waals surface area contributed by atoms with Crippen LogP contribution in [-0.2, 0) is 19.6 Å². The van der Waals surface area contributed by atoms with Crippen molar-refractivity contribution in [1.29, 1.82) is 0 Å². The van der Waals surface area contributed by atoms with Crippen molar-refractivity contribution in [1.82, 2.24) is 5.32 Å². The number of rotatable bonds is 9. The summed E-state index contributed by atoms with van der Waals surface area (Å²) < 4.78 is 32.6. The van der Waals surface area contributed by atoms with E-state index in [4.69, 9.17) is 16.3 Å². The first-order valence-corrected chi connectivity index (χ1v) is 12.8. The van der Waals surface area contributed by atoms with Gasteiger partial charge in [-0.1, -0.05) is 30.5 Å². The fourth-order valence-electron chi connectivity index (χ4n) is 3.61. The average Bonchev–Trinajstić information content (AvgIpc) is 3.17. The SMILES string of the molecule is CCOC(=O)CCCCCCNC1c2ccc(Cl)cc2S(=O)(=O)N(C)c2ccsc21. The monoisotopic (exact) mass is 470 g/mol. The van der Waals surface area contributed by atoms with Crippen LogP contribution in [0.5, 0.6) is 0 Å². The number of halogens is 1. The fourth-order valence-corrected chi connectivity index (χ4v) is 6.39. The highest BCUT2D eigenvalue weighted by Crippen LogP contribution is 2.43. The van der Waals surface area contributed by atoms with Crippen molar-refractivity contribution in [2.75, 3.05) is 24.5 Å². The highest BCUT2D eigenvalue weighted by molar-refractivity contribution is 7.92. The summed E-state index contributed by atoms with van der Waals surface area (Å²) in [6.45, 7) is 2.98. The summed E-state index contributed by atoms with van der Waals surface area (Å²) >= 11 is 7.67. The van der Waals surface area contributed by atoms with E-state index in [0.717, 1.165) is 42.7 Å². The van der Waals surface area contributed by atoms with Crippen molar-refractivity contribution < 1.29 is 17.9 Å². The van der Waals surface area contributed by atoms with Crippen molar-refractivity contribution in [3.05, 3.63) is 45.1 Å². The third-order valence-corrected chi connectivity index (χ3v) is 8.19. The molecule has 2 aromatic rings. The zero-order chi connectivity index (χ0) is 21.7. The van der Waals surface area contributed by atoms with Crippen LogP contribution >= 0.6 is 22.9 Å². The minimum absolute atomic E-state index is 0.139. The van der Waals surface area contributed by atoms with Crippen LogP contribution in [0, 0.1) is 0 Å². The summed E-state index contributed by atoms with van der Waals surface area (Å²) in [5.74, 6) is -0.139. The van der Waals surface area contributed by atoms with Gasteiger partial charge in [-0.05, 0) is 55.5 Å². The molecule has 0 amide bonds. The van der Waals surface area contributed by atoms with Crippen molar-refractivity contribution in [3.8, 4) is 0 Å². The molecule has 0 saturated heterocycles. The number of hydrogen-bond acceptors (Lipinski definition) is 6. The maximum absolute atomic E-state index is 13.1. The van der Waals surface area contributed by atoms with E-state index in [9.17, 15) is 13.2 Å². The van der Waals surface area contributed by atoms with Crippen LogP contribution in [0.2, 0.25) is 5.02 Å². The van der Waals surface area contributed by atoms with Gasteiger partial charge in [0.2, 0.25) is 0 Å². The molecule has 1 atom stereocenters. The molecule has 0 spiro atoms. The van der Waals surface area contributed by atoms with E-state index in [-0.39, 0.29) is 16.9 Å². The molecule has 1 aliphatic heterocycles. The second-order valence-corrected chi connectivity index (χ2v) is 10.5. The molecule has 0 saturated carbocycles. The maximum Gasteiger partial charge on any atom is 0.305 e. The van der Waals surface area contributed by atoms with Crippen LogP contribution in [0.25, 0.3) is 0 Å². The predicted molar refractivity (Wildman–Crippen MR) is 121 cm³/mol. The molecule has 1 N–H and O–H groups in total. The number of esters is 1. The summed E-state index contributed by atoms with van der Waals surface area (Å²) in [4.78, 5) is 12.6. The number of carbonyl (C=O) groups excluding carboxylic acids is 1. The zero-order valence-corrected chi connectivity index (χ0v) is 19.6. The molecule has 2 heterocycles. The lowest BCUT2D eigenvalue weighted by atomic mass is 10.0. The Balaban J connectivity index is 1.68. The third kappa shape index (κ3) is 4.99. The molecule has 0 aliphatic carbocycles. The first kappa shape index (κ1) is 23.1. The number of sulfonamides is 1. The van der Waals surface area contributed by atoms with Crippen LogP contribution in [0.4, 0.5) is 5.69 Å². The predicted octanol–water partition coefficient (Wildman–Crippen LogP) is 4.73. The molecule has 1 aliphatic rings. The van der Waals surface area contributed by atoms with Gasteiger partial charge in [0.1, 0.15) is 0 Å². The number of fused-ring (bicyclic) bond motifs is 2. The van der Waals surface area contributed by atoms with Gasteiger partial charge < -0.3 is 10.1 Å². The molecule has 1 aromatic heterocycles. The molecule has 9 heteroatoms. The fraction of sp³-hybridized carbons (Fsp3) is 0.476. The van der Waals surface area contributed by atoms with E-state index in [1.54, 1.807) is 30.5 Å². The van der Waals surface area contributed by atoms with Gasteiger partial charge in [-0.2, -0.15) is 0 Å². The maximum atomic E-state index is 13.1. The third-order valence-electron chi connectivity index (χ3n) is 5.16. The van der Waals surface area contributed by atoms with Gasteiger partial charge in [0, 0.05) is 18.5 Å². The summed E-state index contributed by atoms with van der Waals surface area (Å²) in [6, 6.07) is 6.69. The Morgan fingerprint density at radius 3 is 2.77 bits per heavy atom. The van der Waals surface area contributed by atoms with E-state index < -0.39 is 10.0 Å². The molecule has 3 rings (SSSR count). The number of anilines is 1. The Morgan fingerprint density at radius 2 is 2.00 bits per heavy atom. The highest BCUT2D eigenvalue weighted by Gasteiger charge is 2.35. The molecule has 1 aromatic carbocycles. The van der Waals surface area contributed by atoms with Crippen LogP contribution in [0.1, 0.15) is 55.5 Å². The zero-order valence-electron chi connectivity index (χ0n) is 17.2. The number of ether oxygens (including phenoxy) is 1. The largest absolute Gasteiger partial charge is 0.466 e. The molecule has 30 heavy (non-hydrogen) atoms. The molecule has 1 unspecified atom stereocenters. The quantitative estimate of drug-likeness (QED) is 0.423. The molecule has 0 fully saturated rings. The standard InChI is InChI=1S/C21H27ClN2O4S2/c1-3-28-19(25)8-6-4-5-7-12-23-20-16-10-9-15(22)14-18(16)30(26,27)24(2)17-11-13-29-21(17)20/h9-11,13-14,20,23H,3-8,12H2,1-2H3. The lowest BCUT2D eigenvalue weighted by Crippen LogP contribution is -2.26. The van der Waals surface area contributed by atoms with E-state index in [2.05, 4.69) is 5.32 Å². The molecular formula is C21H27ClN2O4S2. The summed E-state index contributed by atoms with van der Waals surface area (Å²) in [5, 5.41) is 5.86. The number of benzene rings is 1. The highest BCUT2D eigenvalue weighted by atomic mass is 35.5. The van der Waals surface area contributed by atoms with Gasteiger partial charge in [0.25, 0.3) is 10.0 Å². The first-order valence-electron chi connectivity index (χ1n) is 10.1. The molecule has 0 bridgehead atoms. The van der Waals surface area contributed by atoms with Gasteiger partial charge in [-0.15, -0.1) is 11.3 Å². The van der Waals surface area contributed by atoms with Crippen molar-refractivity contribution in [2.45, 2.75) is 50.0 Å². The summed E-state index contributed by atoms with van der Waals surface area (Å²) in [5.41, 5.74) is 1.41. The Hall–Kier alpha value is -1.61. The van der Waals surface area contributed by atoms with Gasteiger partial charge in [-0.25, -0.2) is 8.42 Å². The van der Waals surface area contributed by atoms with Crippen LogP contribution in [0.3, 0.4) is 0 Å². The van der Waals surface area contributed by atoms with Crippen molar-refractivity contribution in [2.24, 2.45) is 0 Å². The number of carbonyl (C=O) groups is 1. The molecule has 6 nitrogen and oxygen atoms in total. The van der Waals surface area contributed by atoms with Gasteiger partial charge in [0.15, 0.2) is 0 Å². The van der Waals surface area contributed by atoms with Crippen LogP contribution in [-0.4, -0.2) is 34.6 Å². The Kier molecular flexibility index (Phi) is 7.79. The Bertz CT molecular complexity index is 991. The van der Waals surface area contributed by atoms with Gasteiger partial charge in [0.05, 0.1) is 28.1 Å². The second kappa shape index (κ2) is 10.1. The van der Waals surface area contributed by atoms with Crippen molar-refractivity contribution in [3.63, 3.8) is 0 Å². The average molecular weight is 471 g/mol. The Labute approximate surface area is 187 Å². The van der Waals surface area contributed by atoms with Gasteiger partial charge in [-0.3, -0.25) is 9.10 Å². The topological polar surface area (TPSA) is 75.7 Å².